The van der Waals surface area contributed by atoms with Crippen LogP contribution in [-0.4, -0.2) is 17.4 Å². The van der Waals surface area contributed by atoms with E-state index in [1.165, 1.54) is 11.3 Å². The minimum Gasteiger partial charge on any atom is -0.489 e. The maximum Gasteiger partial charge on any atom is 0.249 e. The molecule has 0 atom stereocenters. The van der Waals surface area contributed by atoms with Gasteiger partial charge < -0.3 is 15.0 Å². The fourth-order valence-electron chi connectivity index (χ4n) is 3.56. The maximum absolute atomic E-state index is 12.2. The number of primary amides is 1. The van der Waals surface area contributed by atoms with Gasteiger partial charge in [0.2, 0.25) is 12.2 Å². The minimum absolute atomic E-state index is 0.0346. The third-order valence-corrected chi connectivity index (χ3v) is 6.80. The Morgan fingerprint density at radius 2 is 1.91 bits per heavy atom. The fraction of sp³-hybridized carbons (Fsp3) is 0.160. The van der Waals surface area contributed by atoms with E-state index >= 15 is 0 Å². The number of nitrogens with zero attached hydrogens (tertiary/aromatic N) is 1. The van der Waals surface area contributed by atoms with Crippen LogP contribution >= 0.6 is 34.5 Å². The van der Waals surface area contributed by atoms with E-state index < -0.39 is 5.91 Å². The second-order valence-corrected chi connectivity index (χ2v) is 9.65. The van der Waals surface area contributed by atoms with Crippen LogP contribution in [0.4, 0.5) is 0 Å². The SMILES string of the molecule is CC(C)c1onc(-c2c(Cl)cccc2Cl)c1COc1ccc(-c2ccc([C]=O)s2)c(C(N)=O)c1. The van der Waals surface area contributed by atoms with Crippen molar-refractivity contribution >= 4 is 46.7 Å². The van der Waals surface area contributed by atoms with Gasteiger partial charge in [0.1, 0.15) is 23.8 Å². The van der Waals surface area contributed by atoms with Gasteiger partial charge in [0.15, 0.2) is 0 Å². The summed E-state index contributed by atoms with van der Waals surface area (Å²) in [6.07, 6.45) is 1.85. The summed E-state index contributed by atoms with van der Waals surface area (Å²) in [5.41, 5.74) is 8.29. The average molecular weight is 514 g/mol. The first-order valence-corrected chi connectivity index (χ1v) is 11.8. The standard InChI is InChI=1S/C25H19Cl2N2O4S/c1-13(2)24-18(23(29-33-24)22-19(26)4-3-5-20(22)27)12-32-14-6-8-16(17(10-14)25(28)31)21-9-7-15(11-30)34-21/h3-10,13H,12H2,1-2H3,(H2,28,31). The molecule has 0 fully saturated rings. The zero-order valence-corrected chi connectivity index (χ0v) is 20.6. The maximum atomic E-state index is 12.2. The predicted molar refractivity (Wildman–Crippen MR) is 133 cm³/mol. The average Bonchev–Trinajstić information content (AvgIpc) is 3.45. The number of halogens is 2. The molecule has 0 bridgehead atoms. The van der Waals surface area contributed by atoms with Gasteiger partial charge in [0.05, 0.1) is 26.0 Å². The van der Waals surface area contributed by atoms with Crippen molar-refractivity contribution in [1.29, 1.82) is 0 Å². The van der Waals surface area contributed by atoms with Crippen LogP contribution in [0, 0.1) is 0 Å². The van der Waals surface area contributed by atoms with Crippen LogP contribution in [-0.2, 0) is 11.4 Å². The molecule has 2 aromatic heterocycles. The molecule has 2 aromatic carbocycles. The lowest BCUT2D eigenvalue weighted by molar-refractivity contribution is 0.100. The van der Waals surface area contributed by atoms with Crippen molar-refractivity contribution in [3.8, 4) is 27.4 Å². The van der Waals surface area contributed by atoms with Gasteiger partial charge in [-0.3, -0.25) is 9.59 Å². The highest BCUT2D eigenvalue weighted by atomic mass is 35.5. The lowest BCUT2D eigenvalue weighted by Crippen LogP contribution is -2.12. The summed E-state index contributed by atoms with van der Waals surface area (Å²) in [6, 6.07) is 13.6. The molecule has 0 spiro atoms. The molecule has 0 saturated carbocycles. The third-order valence-electron chi connectivity index (χ3n) is 5.15. The van der Waals surface area contributed by atoms with Crippen molar-refractivity contribution in [2.24, 2.45) is 5.73 Å². The molecule has 4 rings (SSSR count). The van der Waals surface area contributed by atoms with Crippen LogP contribution in [0.3, 0.4) is 0 Å². The summed E-state index contributed by atoms with van der Waals surface area (Å²) < 4.78 is 11.6. The molecule has 0 unspecified atom stereocenters. The van der Waals surface area contributed by atoms with Crippen molar-refractivity contribution in [2.75, 3.05) is 0 Å². The molecule has 34 heavy (non-hydrogen) atoms. The Hall–Kier alpha value is -3.13. The van der Waals surface area contributed by atoms with E-state index in [4.69, 9.17) is 38.2 Å². The van der Waals surface area contributed by atoms with Crippen LogP contribution in [0.5, 0.6) is 5.75 Å². The number of nitrogens with two attached hydrogens (primary N) is 1. The number of carbonyl (C=O) groups is 1. The summed E-state index contributed by atoms with van der Waals surface area (Å²) in [5, 5.41) is 5.11. The number of carbonyl (C=O) groups excluding carboxylic acids is 2. The van der Waals surface area contributed by atoms with Gasteiger partial charge in [0, 0.05) is 21.9 Å². The molecular formula is C25H19Cl2N2O4S. The first-order valence-electron chi connectivity index (χ1n) is 10.3. The summed E-state index contributed by atoms with van der Waals surface area (Å²) >= 11 is 14.0. The van der Waals surface area contributed by atoms with Crippen molar-refractivity contribution < 1.29 is 18.8 Å². The Morgan fingerprint density at radius 1 is 1.18 bits per heavy atom. The van der Waals surface area contributed by atoms with E-state index in [1.54, 1.807) is 48.5 Å². The van der Waals surface area contributed by atoms with Crippen molar-refractivity contribution in [1.82, 2.24) is 5.16 Å². The molecule has 1 amide bonds. The van der Waals surface area contributed by atoms with Gasteiger partial charge in [-0.25, -0.2) is 0 Å². The Morgan fingerprint density at radius 3 is 2.53 bits per heavy atom. The second-order valence-electron chi connectivity index (χ2n) is 7.75. The van der Waals surface area contributed by atoms with Crippen molar-refractivity contribution in [3.63, 3.8) is 0 Å². The number of hydrogen-bond donors (Lipinski definition) is 1. The number of aromatic nitrogens is 1. The minimum atomic E-state index is -0.609. The van der Waals surface area contributed by atoms with Gasteiger partial charge in [0.25, 0.3) is 0 Å². The number of ether oxygens (including phenoxy) is 1. The van der Waals surface area contributed by atoms with Gasteiger partial charge in [-0.2, -0.15) is 0 Å². The van der Waals surface area contributed by atoms with Gasteiger partial charge in [-0.05, 0) is 42.5 Å². The van der Waals surface area contributed by atoms with E-state index in [0.717, 1.165) is 4.88 Å². The third kappa shape index (κ3) is 4.73. The molecule has 4 aromatic rings. The molecule has 0 aliphatic carbocycles. The van der Waals surface area contributed by atoms with E-state index in [9.17, 15) is 9.59 Å². The number of amides is 1. The monoisotopic (exact) mass is 513 g/mol. The number of thiophene rings is 1. The Bertz CT molecular complexity index is 1360. The highest BCUT2D eigenvalue weighted by Gasteiger charge is 2.24. The van der Waals surface area contributed by atoms with Crippen molar-refractivity contribution in [3.05, 3.63) is 80.3 Å². The van der Waals surface area contributed by atoms with E-state index in [0.29, 0.717) is 48.8 Å². The second kappa shape index (κ2) is 10.0. The highest BCUT2D eigenvalue weighted by Crippen LogP contribution is 2.39. The van der Waals surface area contributed by atoms with E-state index in [2.05, 4.69) is 5.16 Å². The predicted octanol–water partition coefficient (Wildman–Crippen LogP) is 6.64. The molecule has 9 heteroatoms. The van der Waals surface area contributed by atoms with Crippen LogP contribution < -0.4 is 10.5 Å². The summed E-state index contributed by atoms with van der Waals surface area (Å²) in [6.45, 7) is 4.07. The number of hydrogen-bond acceptors (Lipinski definition) is 6. The topological polar surface area (TPSA) is 95.4 Å². The fourth-order valence-corrected chi connectivity index (χ4v) is 4.98. The lowest BCUT2D eigenvalue weighted by Gasteiger charge is -2.12. The molecule has 2 N–H and O–H groups in total. The molecule has 0 saturated heterocycles. The van der Waals surface area contributed by atoms with Crippen LogP contribution in [0.1, 0.15) is 46.3 Å². The quantitative estimate of drug-likeness (QED) is 0.285. The Labute approximate surface area is 210 Å². The largest absolute Gasteiger partial charge is 0.489 e. The molecule has 173 valence electrons. The highest BCUT2D eigenvalue weighted by molar-refractivity contribution is 7.17. The summed E-state index contributed by atoms with van der Waals surface area (Å²) in [5.74, 6) is 0.506. The first-order chi connectivity index (χ1) is 16.3. The van der Waals surface area contributed by atoms with Crippen molar-refractivity contribution in [2.45, 2.75) is 26.4 Å². The van der Waals surface area contributed by atoms with Gasteiger partial charge in [-0.15, -0.1) is 11.3 Å². The van der Waals surface area contributed by atoms with Gasteiger partial charge in [-0.1, -0.05) is 48.3 Å². The van der Waals surface area contributed by atoms with E-state index in [-0.39, 0.29) is 18.1 Å². The lowest BCUT2D eigenvalue weighted by atomic mass is 10.0. The van der Waals surface area contributed by atoms with Crippen LogP contribution in [0.2, 0.25) is 10.0 Å². The Balaban J connectivity index is 1.69. The molecule has 0 aliphatic rings. The molecule has 6 nitrogen and oxygen atoms in total. The molecular weight excluding hydrogens is 495 g/mol. The molecule has 1 radical (unpaired) electrons. The summed E-state index contributed by atoms with van der Waals surface area (Å²) in [7, 11) is 0. The van der Waals surface area contributed by atoms with E-state index in [1.807, 2.05) is 20.1 Å². The first kappa shape index (κ1) is 24.0. The number of benzene rings is 2. The smallest absolute Gasteiger partial charge is 0.249 e. The molecule has 0 aliphatic heterocycles. The zero-order chi connectivity index (χ0) is 24.4. The van der Waals surface area contributed by atoms with Crippen LogP contribution in [0.25, 0.3) is 21.7 Å². The Kier molecular flexibility index (Phi) is 7.07. The normalized spacial score (nSPS) is 11.1. The van der Waals surface area contributed by atoms with Gasteiger partial charge >= 0.3 is 0 Å². The summed E-state index contributed by atoms with van der Waals surface area (Å²) in [4.78, 5) is 24.2. The molecule has 2 heterocycles. The zero-order valence-electron chi connectivity index (χ0n) is 18.2. The number of rotatable bonds is 8. The van der Waals surface area contributed by atoms with Crippen LogP contribution in [0.15, 0.2) is 53.1 Å².